The number of nitrogen functional groups attached to an aromatic ring is 1. The van der Waals surface area contributed by atoms with Crippen LogP contribution in [0.2, 0.25) is 0 Å². The van der Waals surface area contributed by atoms with Crippen molar-refractivity contribution in [3.63, 3.8) is 0 Å². The molecule has 0 saturated carbocycles. The van der Waals surface area contributed by atoms with Gasteiger partial charge in [-0.3, -0.25) is 0 Å². The molecule has 0 atom stereocenters. The molecule has 7 nitrogen and oxygen atoms in total. The van der Waals surface area contributed by atoms with E-state index in [2.05, 4.69) is 20.1 Å². The number of pyridine rings is 1. The minimum atomic E-state index is 0.283. The molecule has 0 fully saturated rings. The first kappa shape index (κ1) is 10.5. The van der Waals surface area contributed by atoms with Crippen molar-refractivity contribution in [3.05, 3.63) is 30.7 Å². The van der Waals surface area contributed by atoms with Crippen LogP contribution in [0.3, 0.4) is 0 Å². The molecule has 2 N–H and O–H groups in total. The van der Waals surface area contributed by atoms with Crippen molar-refractivity contribution in [1.82, 2.24) is 24.7 Å². The summed E-state index contributed by atoms with van der Waals surface area (Å²) >= 11 is 0. The van der Waals surface area contributed by atoms with Gasteiger partial charge in [0, 0.05) is 25.6 Å². The van der Waals surface area contributed by atoms with E-state index in [4.69, 9.17) is 10.3 Å². The van der Waals surface area contributed by atoms with E-state index in [-0.39, 0.29) is 5.89 Å². The Labute approximate surface area is 102 Å². The van der Waals surface area contributed by atoms with Crippen molar-refractivity contribution in [3.8, 4) is 23.2 Å². The SMILES string of the molecule is Cn1ccnc1-c1noc(-c2ncccc2N)n1. The Kier molecular flexibility index (Phi) is 2.30. The van der Waals surface area contributed by atoms with Crippen molar-refractivity contribution in [1.29, 1.82) is 0 Å². The van der Waals surface area contributed by atoms with Crippen LogP contribution in [0.5, 0.6) is 0 Å². The number of aromatic nitrogens is 5. The summed E-state index contributed by atoms with van der Waals surface area (Å²) in [7, 11) is 1.85. The lowest BCUT2D eigenvalue weighted by Gasteiger charge is -1.96. The van der Waals surface area contributed by atoms with E-state index in [1.807, 2.05) is 7.05 Å². The molecule has 0 bridgehead atoms. The van der Waals surface area contributed by atoms with Crippen LogP contribution in [0.25, 0.3) is 23.2 Å². The Morgan fingerprint density at radius 2 is 2.17 bits per heavy atom. The van der Waals surface area contributed by atoms with Crippen molar-refractivity contribution >= 4 is 5.69 Å². The number of nitrogens with two attached hydrogens (primary N) is 1. The van der Waals surface area contributed by atoms with Gasteiger partial charge in [0.1, 0.15) is 0 Å². The molecule has 0 aromatic carbocycles. The zero-order valence-corrected chi connectivity index (χ0v) is 9.61. The Morgan fingerprint density at radius 3 is 2.89 bits per heavy atom. The molecule has 3 aromatic rings. The van der Waals surface area contributed by atoms with Gasteiger partial charge in [0.05, 0.1) is 5.69 Å². The minimum absolute atomic E-state index is 0.283. The second kappa shape index (κ2) is 3.95. The number of hydrogen-bond donors (Lipinski definition) is 1. The molecule has 3 heterocycles. The van der Waals surface area contributed by atoms with Crippen LogP contribution in [-0.2, 0) is 7.05 Å². The molecule has 0 spiro atoms. The Hall–Kier alpha value is -2.70. The maximum Gasteiger partial charge on any atom is 0.279 e. The molecule has 0 radical (unpaired) electrons. The Bertz CT molecular complexity index is 686. The molecule has 0 aliphatic heterocycles. The molecule has 0 unspecified atom stereocenters. The average molecular weight is 242 g/mol. The molecule has 0 saturated heterocycles. The fourth-order valence-corrected chi connectivity index (χ4v) is 1.59. The van der Waals surface area contributed by atoms with Gasteiger partial charge in [-0.1, -0.05) is 5.16 Å². The van der Waals surface area contributed by atoms with Crippen molar-refractivity contribution in [2.45, 2.75) is 0 Å². The summed E-state index contributed by atoms with van der Waals surface area (Å²) in [5, 5.41) is 3.87. The molecule has 18 heavy (non-hydrogen) atoms. The first-order chi connectivity index (χ1) is 8.75. The van der Waals surface area contributed by atoms with E-state index in [1.165, 1.54) is 0 Å². The van der Waals surface area contributed by atoms with Crippen LogP contribution < -0.4 is 5.73 Å². The lowest BCUT2D eigenvalue weighted by molar-refractivity contribution is 0.430. The average Bonchev–Trinajstić information content (AvgIpc) is 2.98. The second-order valence-corrected chi connectivity index (χ2v) is 3.73. The van der Waals surface area contributed by atoms with E-state index in [0.29, 0.717) is 23.0 Å². The lowest BCUT2D eigenvalue weighted by atomic mass is 10.3. The topological polar surface area (TPSA) is 95.7 Å². The highest BCUT2D eigenvalue weighted by atomic mass is 16.5. The first-order valence-electron chi connectivity index (χ1n) is 5.28. The molecule has 3 aromatic heterocycles. The van der Waals surface area contributed by atoms with E-state index in [1.54, 1.807) is 35.3 Å². The predicted molar refractivity (Wildman–Crippen MR) is 64.1 cm³/mol. The molecular weight excluding hydrogens is 232 g/mol. The third-order valence-corrected chi connectivity index (χ3v) is 2.49. The maximum absolute atomic E-state index is 5.80. The summed E-state index contributed by atoms with van der Waals surface area (Å²) < 4.78 is 6.96. The van der Waals surface area contributed by atoms with Crippen LogP contribution in [0.15, 0.2) is 35.2 Å². The molecule has 0 amide bonds. The second-order valence-electron chi connectivity index (χ2n) is 3.73. The Morgan fingerprint density at radius 1 is 1.28 bits per heavy atom. The highest BCUT2D eigenvalue weighted by Crippen LogP contribution is 2.23. The number of imidazole rings is 1. The highest BCUT2D eigenvalue weighted by molar-refractivity contribution is 5.66. The number of anilines is 1. The monoisotopic (exact) mass is 242 g/mol. The molecular formula is C11H10N6O. The standard InChI is InChI=1S/C11H10N6O/c1-17-6-5-14-10(17)9-15-11(18-16-9)8-7(12)3-2-4-13-8/h2-6H,12H2,1H3. The van der Waals surface area contributed by atoms with Gasteiger partial charge >= 0.3 is 0 Å². The van der Waals surface area contributed by atoms with Gasteiger partial charge in [-0.25, -0.2) is 9.97 Å². The quantitative estimate of drug-likeness (QED) is 0.723. The van der Waals surface area contributed by atoms with E-state index < -0.39 is 0 Å². The third kappa shape index (κ3) is 1.61. The van der Waals surface area contributed by atoms with Crippen LogP contribution in [0.4, 0.5) is 5.69 Å². The summed E-state index contributed by atoms with van der Waals surface area (Å²) in [5.41, 5.74) is 6.77. The fourth-order valence-electron chi connectivity index (χ4n) is 1.59. The molecule has 7 heteroatoms. The highest BCUT2D eigenvalue weighted by Gasteiger charge is 2.16. The number of rotatable bonds is 2. The molecule has 90 valence electrons. The largest absolute Gasteiger partial charge is 0.397 e. The van der Waals surface area contributed by atoms with Crippen LogP contribution in [0, 0.1) is 0 Å². The summed E-state index contributed by atoms with van der Waals surface area (Å²) in [6.45, 7) is 0. The van der Waals surface area contributed by atoms with E-state index in [9.17, 15) is 0 Å². The van der Waals surface area contributed by atoms with Gasteiger partial charge in [-0.2, -0.15) is 4.98 Å². The van der Waals surface area contributed by atoms with Gasteiger partial charge in [-0.15, -0.1) is 0 Å². The fraction of sp³-hybridized carbons (Fsp3) is 0.0909. The third-order valence-electron chi connectivity index (χ3n) is 2.49. The summed E-state index contributed by atoms with van der Waals surface area (Å²) in [4.78, 5) is 12.5. The van der Waals surface area contributed by atoms with Gasteiger partial charge in [0.15, 0.2) is 11.5 Å². The zero-order chi connectivity index (χ0) is 12.5. The predicted octanol–water partition coefficient (Wildman–Crippen LogP) is 1.11. The molecule has 3 rings (SSSR count). The first-order valence-corrected chi connectivity index (χ1v) is 5.28. The normalized spacial score (nSPS) is 10.7. The Balaban J connectivity index is 2.05. The molecule has 0 aliphatic carbocycles. The van der Waals surface area contributed by atoms with Crippen LogP contribution >= 0.6 is 0 Å². The minimum Gasteiger partial charge on any atom is -0.397 e. The number of nitrogens with zero attached hydrogens (tertiary/aromatic N) is 5. The van der Waals surface area contributed by atoms with Crippen molar-refractivity contribution < 1.29 is 4.52 Å². The number of hydrogen-bond acceptors (Lipinski definition) is 6. The van der Waals surface area contributed by atoms with E-state index in [0.717, 1.165) is 0 Å². The summed E-state index contributed by atoms with van der Waals surface area (Å²) in [6, 6.07) is 3.47. The van der Waals surface area contributed by atoms with Crippen molar-refractivity contribution in [2.24, 2.45) is 7.05 Å². The van der Waals surface area contributed by atoms with Crippen LogP contribution in [0.1, 0.15) is 0 Å². The van der Waals surface area contributed by atoms with Gasteiger partial charge < -0.3 is 14.8 Å². The van der Waals surface area contributed by atoms with Crippen molar-refractivity contribution in [2.75, 3.05) is 5.73 Å². The number of aryl methyl sites for hydroxylation is 1. The van der Waals surface area contributed by atoms with E-state index >= 15 is 0 Å². The summed E-state index contributed by atoms with van der Waals surface area (Å²) in [6.07, 6.45) is 5.09. The van der Waals surface area contributed by atoms with Gasteiger partial charge in [0.2, 0.25) is 5.82 Å². The lowest BCUT2D eigenvalue weighted by Crippen LogP contribution is -1.94. The van der Waals surface area contributed by atoms with Crippen LogP contribution in [-0.4, -0.2) is 24.7 Å². The smallest absolute Gasteiger partial charge is 0.279 e. The zero-order valence-electron chi connectivity index (χ0n) is 9.61. The van der Waals surface area contributed by atoms with Gasteiger partial charge in [-0.05, 0) is 12.1 Å². The van der Waals surface area contributed by atoms with Gasteiger partial charge in [0.25, 0.3) is 5.89 Å². The summed E-state index contributed by atoms with van der Waals surface area (Å²) in [5.74, 6) is 1.31. The maximum atomic E-state index is 5.80. The molecule has 0 aliphatic rings.